The standard InChI is InChI=1S/C15H22FN3O3S/c1-18(2)8-9-19(14-7-10-23(21,22)11-14)15(20)17-13-5-3-12(16)4-6-13/h3-6,14H,7-11H2,1-2H3,(H,17,20). The Bertz CT molecular complexity index is 646. The monoisotopic (exact) mass is 343 g/mol. The zero-order valence-electron chi connectivity index (χ0n) is 13.3. The molecule has 23 heavy (non-hydrogen) atoms. The van der Waals surface area contributed by atoms with E-state index in [1.54, 1.807) is 4.90 Å². The maximum absolute atomic E-state index is 12.9. The average molecular weight is 343 g/mol. The summed E-state index contributed by atoms with van der Waals surface area (Å²) >= 11 is 0. The number of anilines is 1. The maximum Gasteiger partial charge on any atom is 0.322 e. The molecular formula is C15H22FN3O3S. The summed E-state index contributed by atoms with van der Waals surface area (Å²) in [7, 11) is 0.705. The Hall–Kier alpha value is -1.67. The van der Waals surface area contributed by atoms with Gasteiger partial charge in [-0.05, 0) is 44.8 Å². The summed E-state index contributed by atoms with van der Waals surface area (Å²) in [6.07, 6.45) is 0.451. The number of carbonyl (C=O) groups is 1. The zero-order chi connectivity index (χ0) is 17.0. The van der Waals surface area contributed by atoms with Gasteiger partial charge < -0.3 is 15.1 Å². The van der Waals surface area contributed by atoms with E-state index in [1.807, 2.05) is 19.0 Å². The highest BCUT2D eigenvalue weighted by atomic mass is 32.2. The molecule has 1 fully saturated rings. The lowest BCUT2D eigenvalue weighted by molar-refractivity contribution is 0.186. The molecule has 1 aliphatic rings. The van der Waals surface area contributed by atoms with Crippen molar-refractivity contribution in [3.63, 3.8) is 0 Å². The Morgan fingerprint density at radius 1 is 1.26 bits per heavy atom. The molecule has 1 saturated heterocycles. The molecule has 0 spiro atoms. The van der Waals surface area contributed by atoms with Gasteiger partial charge in [-0.2, -0.15) is 0 Å². The zero-order valence-corrected chi connectivity index (χ0v) is 14.1. The Morgan fingerprint density at radius 3 is 2.43 bits per heavy atom. The second kappa shape index (κ2) is 7.27. The first-order valence-corrected chi connectivity index (χ1v) is 9.27. The lowest BCUT2D eigenvalue weighted by Crippen LogP contribution is -2.46. The number of halogens is 1. The smallest absolute Gasteiger partial charge is 0.319 e. The highest BCUT2D eigenvalue weighted by molar-refractivity contribution is 7.91. The Labute approximate surface area is 136 Å². The molecule has 2 rings (SSSR count). The van der Waals surface area contributed by atoms with E-state index in [9.17, 15) is 17.6 Å². The summed E-state index contributed by atoms with van der Waals surface area (Å²) in [5.74, 6) is -0.272. The van der Waals surface area contributed by atoms with Gasteiger partial charge in [0.25, 0.3) is 0 Å². The fraction of sp³-hybridized carbons (Fsp3) is 0.533. The van der Waals surface area contributed by atoms with Crippen LogP contribution in [0.15, 0.2) is 24.3 Å². The predicted octanol–water partition coefficient (Wildman–Crippen LogP) is 1.41. The number of rotatable bonds is 5. The van der Waals surface area contributed by atoms with Gasteiger partial charge in [0, 0.05) is 24.8 Å². The number of hydrogen-bond acceptors (Lipinski definition) is 4. The number of hydrogen-bond donors (Lipinski definition) is 1. The van der Waals surface area contributed by atoms with Crippen molar-refractivity contribution >= 4 is 21.6 Å². The van der Waals surface area contributed by atoms with Crippen molar-refractivity contribution in [3.8, 4) is 0 Å². The molecule has 1 aromatic carbocycles. The van der Waals surface area contributed by atoms with Crippen LogP contribution in [-0.2, 0) is 9.84 Å². The highest BCUT2D eigenvalue weighted by Crippen LogP contribution is 2.19. The first-order valence-electron chi connectivity index (χ1n) is 7.45. The van der Waals surface area contributed by atoms with E-state index in [1.165, 1.54) is 24.3 Å². The minimum absolute atomic E-state index is 0.00271. The third-order valence-corrected chi connectivity index (χ3v) is 5.54. The molecule has 1 heterocycles. The second-order valence-corrected chi connectivity index (χ2v) is 8.22. The maximum atomic E-state index is 12.9. The van der Waals surface area contributed by atoms with Crippen LogP contribution in [0.1, 0.15) is 6.42 Å². The van der Waals surface area contributed by atoms with Gasteiger partial charge in [0.15, 0.2) is 9.84 Å². The van der Waals surface area contributed by atoms with Gasteiger partial charge >= 0.3 is 6.03 Å². The number of benzene rings is 1. The van der Waals surface area contributed by atoms with Crippen LogP contribution in [0, 0.1) is 5.82 Å². The molecule has 1 aromatic rings. The van der Waals surface area contributed by atoms with Crippen LogP contribution in [0.4, 0.5) is 14.9 Å². The molecule has 0 radical (unpaired) electrons. The molecule has 1 aliphatic heterocycles. The molecule has 1 unspecified atom stereocenters. The molecule has 1 N–H and O–H groups in total. The van der Waals surface area contributed by atoms with Crippen molar-refractivity contribution in [2.45, 2.75) is 12.5 Å². The van der Waals surface area contributed by atoms with Crippen LogP contribution >= 0.6 is 0 Å². The summed E-state index contributed by atoms with van der Waals surface area (Å²) in [5.41, 5.74) is 0.479. The molecule has 0 aliphatic carbocycles. The summed E-state index contributed by atoms with van der Waals surface area (Å²) in [6, 6.07) is 4.80. The van der Waals surface area contributed by atoms with Crippen LogP contribution < -0.4 is 5.32 Å². The number of nitrogens with one attached hydrogen (secondary N) is 1. The SMILES string of the molecule is CN(C)CCN(C(=O)Nc1ccc(F)cc1)C1CCS(=O)(=O)C1. The van der Waals surface area contributed by atoms with Crippen molar-refractivity contribution in [1.29, 1.82) is 0 Å². The van der Waals surface area contributed by atoms with Crippen molar-refractivity contribution in [3.05, 3.63) is 30.1 Å². The van der Waals surface area contributed by atoms with Gasteiger partial charge in [0.1, 0.15) is 5.82 Å². The number of sulfone groups is 1. The van der Waals surface area contributed by atoms with E-state index in [4.69, 9.17) is 0 Å². The molecule has 1 atom stereocenters. The van der Waals surface area contributed by atoms with E-state index >= 15 is 0 Å². The van der Waals surface area contributed by atoms with Crippen LogP contribution in [0.2, 0.25) is 0 Å². The average Bonchev–Trinajstić information content (AvgIpc) is 2.81. The molecule has 2 amide bonds. The first-order chi connectivity index (χ1) is 10.8. The minimum atomic E-state index is -3.08. The van der Waals surface area contributed by atoms with Gasteiger partial charge in [0.05, 0.1) is 11.5 Å². The van der Waals surface area contributed by atoms with Gasteiger partial charge in [-0.3, -0.25) is 0 Å². The fourth-order valence-corrected chi connectivity index (χ4v) is 4.24. The van der Waals surface area contributed by atoms with Gasteiger partial charge in [-0.1, -0.05) is 0 Å². The van der Waals surface area contributed by atoms with E-state index in [2.05, 4.69) is 5.32 Å². The van der Waals surface area contributed by atoms with Crippen LogP contribution in [0.25, 0.3) is 0 Å². The molecule has 0 saturated carbocycles. The largest absolute Gasteiger partial charge is 0.322 e. The lowest BCUT2D eigenvalue weighted by atomic mass is 10.2. The van der Waals surface area contributed by atoms with Gasteiger partial charge in [-0.25, -0.2) is 17.6 Å². The number of urea groups is 1. The van der Waals surface area contributed by atoms with Crippen molar-refractivity contribution in [2.75, 3.05) is 44.0 Å². The van der Waals surface area contributed by atoms with Crippen LogP contribution in [0.3, 0.4) is 0 Å². The normalized spacial score (nSPS) is 19.7. The van der Waals surface area contributed by atoms with Gasteiger partial charge in [0.2, 0.25) is 0 Å². The molecule has 8 heteroatoms. The number of carbonyl (C=O) groups excluding carboxylic acids is 1. The number of nitrogens with zero attached hydrogens (tertiary/aromatic N) is 2. The quantitative estimate of drug-likeness (QED) is 0.878. The predicted molar refractivity (Wildman–Crippen MR) is 87.7 cm³/mol. The molecule has 128 valence electrons. The molecular weight excluding hydrogens is 321 g/mol. The number of likely N-dealkylation sites (N-methyl/N-ethyl adjacent to an activating group) is 1. The van der Waals surface area contributed by atoms with E-state index in [-0.39, 0.29) is 29.4 Å². The minimum Gasteiger partial charge on any atom is -0.319 e. The van der Waals surface area contributed by atoms with Crippen LogP contribution in [0.5, 0.6) is 0 Å². The third kappa shape index (κ3) is 5.18. The summed E-state index contributed by atoms with van der Waals surface area (Å²) in [4.78, 5) is 16.0. The van der Waals surface area contributed by atoms with E-state index < -0.39 is 9.84 Å². The Morgan fingerprint density at radius 2 is 1.91 bits per heavy atom. The van der Waals surface area contributed by atoms with Crippen molar-refractivity contribution in [2.24, 2.45) is 0 Å². The fourth-order valence-electron chi connectivity index (χ4n) is 2.51. The summed E-state index contributed by atoms with van der Waals surface area (Å²) in [5, 5.41) is 2.70. The van der Waals surface area contributed by atoms with Gasteiger partial charge in [-0.15, -0.1) is 0 Å². The Kier molecular flexibility index (Phi) is 5.59. The van der Waals surface area contributed by atoms with Crippen molar-refractivity contribution < 1.29 is 17.6 Å². The number of amides is 2. The van der Waals surface area contributed by atoms with E-state index in [0.29, 0.717) is 25.2 Å². The van der Waals surface area contributed by atoms with Crippen molar-refractivity contribution in [1.82, 2.24) is 9.80 Å². The highest BCUT2D eigenvalue weighted by Gasteiger charge is 2.34. The summed E-state index contributed by atoms with van der Waals surface area (Å²) < 4.78 is 36.3. The molecule has 0 aromatic heterocycles. The molecule has 6 nitrogen and oxygen atoms in total. The topological polar surface area (TPSA) is 69.7 Å². The first kappa shape index (κ1) is 17.7. The lowest BCUT2D eigenvalue weighted by Gasteiger charge is -2.29. The molecule has 0 bridgehead atoms. The summed E-state index contributed by atoms with van der Waals surface area (Å²) in [6.45, 7) is 1.06. The van der Waals surface area contributed by atoms with E-state index in [0.717, 1.165) is 0 Å². The Balaban J connectivity index is 2.09. The third-order valence-electron chi connectivity index (χ3n) is 3.79. The second-order valence-electron chi connectivity index (χ2n) is 5.99. The van der Waals surface area contributed by atoms with Crippen LogP contribution in [-0.4, -0.2) is 69.0 Å².